The SMILES string of the molecule is COC1=C(C(=O)O)C=CN(C(=O)OC(C)(C)C)C1. The van der Waals surface area contributed by atoms with Crippen molar-refractivity contribution in [2.75, 3.05) is 13.7 Å². The molecule has 0 fully saturated rings. The largest absolute Gasteiger partial charge is 0.498 e. The zero-order valence-corrected chi connectivity index (χ0v) is 10.9. The van der Waals surface area contributed by atoms with Crippen molar-refractivity contribution in [2.24, 2.45) is 0 Å². The molecule has 0 aromatic heterocycles. The fourth-order valence-electron chi connectivity index (χ4n) is 1.36. The van der Waals surface area contributed by atoms with E-state index in [0.29, 0.717) is 0 Å². The third-order valence-electron chi connectivity index (χ3n) is 2.14. The Kier molecular flexibility index (Phi) is 4.00. The summed E-state index contributed by atoms with van der Waals surface area (Å²) in [6.45, 7) is 5.32. The first-order chi connectivity index (χ1) is 8.24. The number of carbonyl (C=O) groups excluding carboxylic acids is 1. The van der Waals surface area contributed by atoms with Gasteiger partial charge in [-0.05, 0) is 26.8 Å². The average Bonchev–Trinajstić information content (AvgIpc) is 2.25. The lowest BCUT2D eigenvalue weighted by molar-refractivity contribution is -0.132. The molecule has 0 bridgehead atoms. The summed E-state index contributed by atoms with van der Waals surface area (Å²) < 4.78 is 10.1. The number of amides is 1. The summed E-state index contributed by atoms with van der Waals surface area (Å²) >= 11 is 0. The lowest BCUT2D eigenvalue weighted by Crippen LogP contribution is -2.36. The van der Waals surface area contributed by atoms with Crippen molar-refractivity contribution in [3.63, 3.8) is 0 Å². The molecule has 100 valence electrons. The zero-order valence-electron chi connectivity index (χ0n) is 10.9. The van der Waals surface area contributed by atoms with Gasteiger partial charge in [0.1, 0.15) is 16.9 Å². The molecule has 0 aromatic carbocycles. The van der Waals surface area contributed by atoms with Gasteiger partial charge in [-0.15, -0.1) is 0 Å². The van der Waals surface area contributed by atoms with Gasteiger partial charge in [-0.1, -0.05) is 0 Å². The highest BCUT2D eigenvalue weighted by atomic mass is 16.6. The fraction of sp³-hybridized carbons (Fsp3) is 0.500. The molecule has 1 heterocycles. The smallest absolute Gasteiger partial charge is 0.414 e. The maximum Gasteiger partial charge on any atom is 0.414 e. The molecule has 1 N–H and O–H groups in total. The molecule has 0 unspecified atom stereocenters. The van der Waals surface area contributed by atoms with E-state index in [0.717, 1.165) is 0 Å². The standard InChI is InChI=1S/C12H17NO5/c1-12(2,3)18-11(16)13-6-5-8(10(14)15)9(7-13)17-4/h5-6H,7H2,1-4H3,(H,14,15). The molecule has 6 nitrogen and oxygen atoms in total. The van der Waals surface area contributed by atoms with Crippen LogP contribution in [0.3, 0.4) is 0 Å². The minimum absolute atomic E-state index is 0.0392. The molecule has 0 radical (unpaired) electrons. The highest BCUT2D eigenvalue weighted by molar-refractivity contribution is 5.91. The van der Waals surface area contributed by atoms with Crippen molar-refractivity contribution >= 4 is 12.1 Å². The van der Waals surface area contributed by atoms with Crippen LogP contribution in [0.5, 0.6) is 0 Å². The molecule has 0 saturated carbocycles. The molecule has 1 aliphatic heterocycles. The molecule has 0 atom stereocenters. The van der Waals surface area contributed by atoms with E-state index in [-0.39, 0.29) is 17.9 Å². The number of carboxylic acid groups (broad SMARTS) is 1. The number of carboxylic acids is 1. The maximum atomic E-state index is 11.8. The predicted molar refractivity (Wildman–Crippen MR) is 63.8 cm³/mol. The first-order valence-electron chi connectivity index (χ1n) is 5.43. The summed E-state index contributed by atoms with van der Waals surface area (Å²) in [4.78, 5) is 23.9. The molecule has 0 spiro atoms. The van der Waals surface area contributed by atoms with Crippen LogP contribution in [0.15, 0.2) is 23.6 Å². The Bertz CT molecular complexity index is 417. The molecule has 18 heavy (non-hydrogen) atoms. The number of hydrogen-bond donors (Lipinski definition) is 1. The van der Waals surface area contributed by atoms with Crippen LogP contribution in [0.1, 0.15) is 20.8 Å². The van der Waals surface area contributed by atoms with Gasteiger partial charge in [0.05, 0.1) is 13.7 Å². The average molecular weight is 255 g/mol. The van der Waals surface area contributed by atoms with Crippen LogP contribution in [0.2, 0.25) is 0 Å². The van der Waals surface area contributed by atoms with Gasteiger partial charge in [-0.25, -0.2) is 9.59 Å². The highest BCUT2D eigenvalue weighted by Crippen LogP contribution is 2.18. The minimum Gasteiger partial charge on any atom is -0.498 e. The maximum absolute atomic E-state index is 11.8. The van der Waals surface area contributed by atoms with E-state index in [4.69, 9.17) is 14.6 Å². The molecular weight excluding hydrogens is 238 g/mol. The van der Waals surface area contributed by atoms with Gasteiger partial charge >= 0.3 is 12.1 Å². The van der Waals surface area contributed by atoms with Gasteiger partial charge in [0.25, 0.3) is 0 Å². The summed E-state index contributed by atoms with van der Waals surface area (Å²) in [6.07, 6.45) is 2.15. The van der Waals surface area contributed by atoms with E-state index in [1.165, 1.54) is 24.3 Å². The fourth-order valence-corrected chi connectivity index (χ4v) is 1.36. The lowest BCUT2D eigenvalue weighted by atomic mass is 10.1. The quantitative estimate of drug-likeness (QED) is 0.813. The van der Waals surface area contributed by atoms with Crippen LogP contribution in [0.4, 0.5) is 4.79 Å². The van der Waals surface area contributed by atoms with Gasteiger partial charge in [-0.3, -0.25) is 4.90 Å². The predicted octanol–water partition coefficient (Wildman–Crippen LogP) is 1.74. The molecule has 6 heteroatoms. The Hall–Kier alpha value is -1.98. The van der Waals surface area contributed by atoms with E-state index >= 15 is 0 Å². The number of aliphatic carboxylic acids is 1. The summed E-state index contributed by atoms with van der Waals surface area (Å²) in [5.41, 5.74) is -0.563. The number of methoxy groups -OCH3 is 1. The van der Waals surface area contributed by atoms with Crippen LogP contribution in [-0.2, 0) is 14.3 Å². The number of carbonyl (C=O) groups is 2. The molecule has 1 aliphatic rings. The third kappa shape index (κ3) is 3.51. The molecule has 0 saturated heterocycles. The second kappa shape index (κ2) is 5.12. The Morgan fingerprint density at radius 2 is 2.00 bits per heavy atom. The molecular formula is C12H17NO5. The normalized spacial score (nSPS) is 15.7. The van der Waals surface area contributed by atoms with E-state index < -0.39 is 17.7 Å². The van der Waals surface area contributed by atoms with Gasteiger partial charge in [-0.2, -0.15) is 0 Å². The summed E-state index contributed by atoms with van der Waals surface area (Å²) in [7, 11) is 1.37. The van der Waals surface area contributed by atoms with Gasteiger partial charge in [0.2, 0.25) is 0 Å². The van der Waals surface area contributed by atoms with Gasteiger partial charge in [0, 0.05) is 6.20 Å². The van der Waals surface area contributed by atoms with Gasteiger partial charge < -0.3 is 14.6 Å². The van der Waals surface area contributed by atoms with E-state index in [1.54, 1.807) is 20.8 Å². The Labute approximate surface area is 105 Å². The summed E-state index contributed by atoms with van der Waals surface area (Å²) in [6, 6.07) is 0. The van der Waals surface area contributed by atoms with Crippen molar-refractivity contribution in [3.05, 3.63) is 23.6 Å². The Balaban J connectivity index is 2.80. The number of hydrogen-bond acceptors (Lipinski definition) is 4. The molecule has 1 rings (SSSR count). The summed E-state index contributed by atoms with van der Waals surface area (Å²) in [5, 5.41) is 8.93. The highest BCUT2D eigenvalue weighted by Gasteiger charge is 2.26. The van der Waals surface area contributed by atoms with E-state index in [1.807, 2.05) is 0 Å². The monoisotopic (exact) mass is 255 g/mol. The Morgan fingerprint density at radius 3 is 2.44 bits per heavy atom. The third-order valence-corrected chi connectivity index (χ3v) is 2.14. The number of rotatable bonds is 2. The van der Waals surface area contributed by atoms with Crippen LogP contribution < -0.4 is 0 Å². The molecule has 1 amide bonds. The van der Waals surface area contributed by atoms with Crippen LogP contribution >= 0.6 is 0 Å². The van der Waals surface area contributed by atoms with Crippen molar-refractivity contribution in [1.29, 1.82) is 0 Å². The molecule has 0 aromatic rings. The van der Waals surface area contributed by atoms with Crippen LogP contribution in [-0.4, -0.2) is 41.3 Å². The second-order valence-corrected chi connectivity index (χ2v) is 4.77. The second-order valence-electron chi connectivity index (χ2n) is 4.77. The number of ether oxygens (including phenoxy) is 2. The van der Waals surface area contributed by atoms with Crippen molar-refractivity contribution in [3.8, 4) is 0 Å². The van der Waals surface area contributed by atoms with Gasteiger partial charge in [0.15, 0.2) is 0 Å². The lowest BCUT2D eigenvalue weighted by Gasteiger charge is -2.27. The molecule has 0 aliphatic carbocycles. The Morgan fingerprint density at radius 1 is 1.39 bits per heavy atom. The summed E-state index contributed by atoms with van der Waals surface area (Å²) in [5.74, 6) is -0.872. The van der Waals surface area contributed by atoms with Crippen molar-refractivity contribution in [1.82, 2.24) is 4.90 Å². The first-order valence-corrected chi connectivity index (χ1v) is 5.43. The zero-order chi connectivity index (χ0) is 13.9. The van der Waals surface area contributed by atoms with Crippen LogP contribution in [0.25, 0.3) is 0 Å². The number of nitrogens with zero attached hydrogens (tertiary/aromatic N) is 1. The van der Waals surface area contributed by atoms with E-state index in [2.05, 4.69) is 0 Å². The van der Waals surface area contributed by atoms with Crippen molar-refractivity contribution in [2.45, 2.75) is 26.4 Å². The topological polar surface area (TPSA) is 76.1 Å². The van der Waals surface area contributed by atoms with Crippen LogP contribution in [0, 0.1) is 0 Å². The minimum atomic E-state index is -1.09. The van der Waals surface area contributed by atoms with Crippen molar-refractivity contribution < 1.29 is 24.2 Å². The van der Waals surface area contributed by atoms with E-state index in [9.17, 15) is 9.59 Å². The first kappa shape index (κ1) is 14.1.